The van der Waals surface area contributed by atoms with E-state index >= 15 is 0 Å². The van der Waals surface area contributed by atoms with Gasteiger partial charge in [-0.3, -0.25) is 4.44 Å². The predicted molar refractivity (Wildman–Crippen MR) is 226 cm³/mol. The predicted octanol–water partition coefficient (Wildman–Crippen LogP) is 11.4. The largest absolute Gasteiger partial charge is 0.496 e. The molecule has 3 aliphatic rings. The van der Waals surface area contributed by atoms with E-state index < -0.39 is 8.07 Å². The molecule has 266 valence electrons. The van der Waals surface area contributed by atoms with Gasteiger partial charge in [-0.25, -0.2) is 0 Å². The average Bonchev–Trinajstić information content (AvgIpc) is 3.79. The lowest BCUT2D eigenvalue weighted by Crippen LogP contribution is -2.31. The van der Waals surface area contributed by atoms with Crippen LogP contribution in [0.1, 0.15) is 110 Å². The summed E-state index contributed by atoms with van der Waals surface area (Å²) in [6, 6.07) is 26.2. The molecule has 0 N–H and O–H groups in total. The highest BCUT2D eigenvalue weighted by atomic mass is 31.2. The third kappa shape index (κ3) is 8.06. The van der Waals surface area contributed by atoms with Crippen molar-refractivity contribution in [3.8, 4) is 5.75 Å². The van der Waals surface area contributed by atoms with E-state index in [0.717, 1.165) is 46.2 Å². The Balaban J connectivity index is 1.36. The molecule has 3 saturated heterocycles. The third-order valence-corrected chi connectivity index (χ3v) is 26.0. The fourth-order valence-electron chi connectivity index (χ4n) is 9.32. The van der Waals surface area contributed by atoms with Crippen molar-refractivity contribution in [1.29, 1.82) is 0 Å². The van der Waals surface area contributed by atoms with E-state index in [9.17, 15) is 0 Å². The Morgan fingerprint density at radius 1 is 0.694 bits per heavy atom. The average molecular weight is 734 g/mol. The molecule has 0 aromatic heterocycles. The molecule has 0 saturated carbocycles. The van der Waals surface area contributed by atoms with Crippen LogP contribution in [0.15, 0.2) is 66.7 Å². The summed E-state index contributed by atoms with van der Waals surface area (Å²) in [5.74, 6) is 1.05. The van der Waals surface area contributed by atoms with Gasteiger partial charge in [0, 0.05) is 19.9 Å². The van der Waals surface area contributed by atoms with Gasteiger partial charge in [-0.2, -0.15) is 0 Å². The molecule has 6 rings (SSSR count). The summed E-state index contributed by atoms with van der Waals surface area (Å²) in [5, 5.41) is 6.54. The van der Waals surface area contributed by atoms with Crippen LogP contribution in [0.4, 0.5) is 0 Å². The van der Waals surface area contributed by atoms with Crippen LogP contribution in [-0.2, 0) is 6.42 Å². The van der Waals surface area contributed by atoms with Crippen molar-refractivity contribution >= 4 is 53.2 Å². The highest BCUT2D eigenvalue weighted by Gasteiger charge is 2.42. The van der Waals surface area contributed by atoms with Crippen molar-refractivity contribution in [1.82, 2.24) is 4.44 Å². The fourth-order valence-corrected chi connectivity index (χ4v) is 24.5. The number of rotatable bonds is 13. The molecule has 0 bridgehead atoms. The lowest BCUT2D eigenvalue weighted by molar-refractivity contribution is 0.418. The Bertz CT molecular complexity index is 1500. The number of nitrogens with zero attached hydrogens (tertiary/aromatic N) is 1. The zero-order valence-corrected chi connectivity index (χ0v) is 35.3. The summed E-state index contributed by atoms with van der Waals surface area (Å²) >= 11 is 0. The van der Waals surface area contributed by atoms with E-state index in [-0.39, 0.29) is 23.9 Å². The fraction of sp³-hybridized carbons (Fsp3) is 0.581. The second-order valence-electron chi connectivity index (χ2n) is 15.2. The maximum Gasteiger partial charge on any atom is 0.128 e. The van der Waals surface area contributed by atoms with Gasteiger partial charge in [0.05, 0.1) is 7.11 Å². The van der Waals surface area contributed by atoms with Gasteiger partial charge in [-0.15, -0.1) is 0 Å². The van der Waals surface area contributed by atoms with E-state index in [0.29, 0.717) is 0 Å². The molecule has 3 aromatic rings. The lowest BCUT2D eigenvalue weighted by atomic mass is 10.1. The van der Waals surface area contributed by atoms with E-state index in [2.05, 4.69) is 120 Å². The van der Waals surface area contributed by atoms with Crippen molar-refractivity contribution in [2.75, 3.05) is 13.7 Å². The van der Waals surface area contributed by atoms with Gasteiger partial charge in [-0.1, -0.05) is 112 Å². The standard InChI is InChI=1S/C43H63NOP4/c1-9-37-26-27-38(10-2)48(37)44(49(40-19-13-11-16-31(40)3)41-20-14-12-18-39(41)45-8)29-15-17-36-25-28-42(46-32(4)21-22-33(46)5)43(30-36)47-34(6)23-24-35(47)7/h11-14,16,18-20,25,28,30,32-35,37-38H,9-10,15,17,21-24,26-27,29H2,1-8H3/t32-,33-,34-,35-,37+,38+,49?/m0/s1. The minimum absolute atomic E-state index is 0.0606. The van der Waals surface area contributed by atoms with Gasteiger partial charge >= 0.3 is 0 Å². The summed E-state index contributed by atoms with van der Waals surface area (Å²) in [4.78, 5) is 0. The van der Waals surface area contributed by atoms with Crippen molar-refractivity contribution in [3.63, 3.8) is 0 Å². The Hall–Kier alpha value is -0.860. The zero-order valence-electron chi connectivity index (χ0n) is 31.7. The molecule has 0 amide bonds. The second kappa shape index (κ2) is 17.3. The first-order valence-electron chi connectivity index (χ1n) is 19.5. The van der Waals surface area contributed by atoms with Crippen LogP contribution in [0, 0.1) is 6.92 Å². The van der Waals surface area contributed by atoms with Crippen molar-refractivity contribution in [2.45, 2.75) is 147 Å². The van der Waals surface area contributed by atoms with Crippen LogP contribution in [-0.4, -0.2) is 52.0 Å². The molecular formula is C43H63NOP4. The molecule has 3 fully saturated rings. The van der Waals surface area contributed by atoms with Gasteiger partial charge in [0.2, 0.25) is 0 Å². The SMILES string of the molecule is CC[C@@H]1CC[C@@H](CC)P1N(CCCc1ccc(P2[C@@H](C)CC[C@@H]2C)c(P2[C@@H](C)CC[C@@H]2C)c1)P(c1ccccc1C)c1ccccc1OC. The maximum atomic E-state index is 6.13. The summed E-state index contributed by atoms with van der Waals surface area (Å²) in [7, 11) is 0.726. The molecule has 3 aliphatic heterocycles. The van der Waals surface area contributed by atoms with E-state index in [1.807, 2.05) is 12.4 Å². The topological polar surface area (TPSA) is 12.5 Å². The second-order valence-corrected chi connectivity index (χ2v) is 26.4. The molecule has 0 radical (unpaired) electrons. The quantitative estimate of drug-likeness (QED) is 0.162. The number of para-hydroxylation sites is 1. The minimum atomic E-state index is -0.722. The zero-order chi connectivity index (χ0) is 34.7. The first-order chi connectivity index (χ1) is 23.8. The molecule has 3 aromatic carbocycles. The molecule has 49 heavy (non-hydrogen) atoms. The van der Waals surface area contributed by atoms with Gasteiger partial charge in [0.25, 0.3) is 0 Å². The lowest BCUT2D eigenvalue weighted by Gasteiger charge is -2.43. The molecule has 0 aliphatic carbocycles. The summed E-state index contributed by atoms with van der Waals surface area (Å²) in [5.41, 5.74) is 8.11. The minimum Gasteiger partial charge on any atom is -0.496 e. The molecule has 7 atom stereocenters. The molecule has 6 heteroatoms. The van der Waals surface area contributed by atoms with E-state index in [1.54, 1.807) is 10.9 Å². The Kier molecular flexibility index (Phi) is 13.4. The Morgan fingerprint density at radius 2 is 1.24 bits per heavy atom. The summed E-state index contributed by atoms with van der Waals surface area (Å²) in [6.45, 7) is 18.7. The summed E-state index contributed by atoms with van der Waals surface area (Å²) < 4.78 is 9.23. The third-order valence-electron chi connectivity index (χ3n) is 12.0. The van der Waals surface area contributed by atoms with Crippen molar-refractivity contribution < 1.29 is 4.74 Å². The van der Waals surface area contributed by atoms with Crippen molar-refractivity contribution in [3.05, 3.63) is 77.9 Å². The number of hydrogen-bond donors (Lipinski definition) is 0. The van der Waals surface area contributed by atoms with E-state index in [4.69, 9.17) is 4.74 Å². The van der Waals surface area contributed by atoms with Crippen LogP contribution in [0.5, 0.6) is 5.75 Å². The highest BCUT2D eigenvalue weighted by Crippen LogP contribution is 2.67. The van der Waals surface area contributed by atoms with Crippen LogP contribution in [0.2, 0.25) is 0 Å². The normalized spacial score (nSPS) is 27.4. The van der Waals surface area contributed by atoms with Gasteiger partial charge in [0.1, 0.15) is 5.75 Å². The Labute approximate surface area is 305 Å². The van der Waals surface area contributed by atoms with Crippen molar-refractivity contribution in [2.24, 2.45) is 0 Å². The van der Waals surface area contributed by atoms with Crippen LogP contribution >= 0.6 is 32.0 Å². The van der Waals surface area contributed by atoms with Crippen LogP contribution in [0.3, 0.4) is 0 Å². The number of benzene rings is 3. The van der Waals surface area contributed by atoms with E-state index in [1.165, 1.54) is 80.4 Å². The first kappa shape index (κ1) is 37.9. The number of hydrogen-bond acceptors (Lipinski definition) is 2. The maximum absolute atomic E-state index is 6.13. The molecule has 2 nitrogen and oxygen atoms in total. The molecule has 0 spiro atoms. The van der Waals surface area contributed by atoms with Crippen LogP contribution in [0.25, 0.3) is 0 Å². The highest BCUT2D eigenvalue weighted by molar-refractivity contribution is 7.80. The monoisotopic (exact) mass is 733 g/mol. The first-order valence-corrected chi connectivity index (χ1v) is 25.2. The number of methoxy groups -OCH3 is 1. The number of aryl methyl sites for hydroxylation is 2. The molecular weight excluding hydrogens is 670 g/mol. The molecule has 3 heterocycles. The smallest absolute Gasteiger partial charge is 0.128 e. The van der Waals surface area contributed by atoms with Gasteiger partial charge < -0.3 is 4.74 Å². The van der Waals surface area contributed by atoms with Crippen LogP contribution < -0.4 is 26.0 Å². The molecule has 1 unspecified atom stereocenters. The summed E-state index contributed by atoms with van der Waals surface area (Å²) in [6.07, 6.45) is 13.5. The number of ether oxygens (including phenoxy) is 1. The van der Waals surface area contributed by atoms with Gasteiger partial charge in [0.15, 0.2) is 0 Å². The Morgan fingerprint density at radius 3 is 1.82 bits per heavy atom. The van der Waals surface area contributed by atoms with Gasteiger partial charge in [-0.05, 0) is 152 Å².